The lowest BCUT2D eigenvalue weighted by Gasteiger charge is -2.22. The van der Waals surface area contributed by atoms with E-state index < -0.39 is 12.1 Å². The van der Waals surface area contributed by atoms with E-state index in [1.165, 1.54) is 35.7 Å². The van der Waals surface area contributed by atoms with Crippen LogP contribution in [-0.4, -0.2) is 55.8 Å². The van der Waals surface area contributed by atoms with Gasteiger partial charge in [-0.1, -0.05) is 23.9 Å². The summed E-state index contributed by atoms with van der Waals surface area (Å²) in [7, 11) is 1.58. The molecule has 0 aliphatic carbocycles. The summed E-state index contributed by atoms with van der Waals surface area (Å²) < 4.78 is 20.3. The molecule has 10 heteroatoms. The van der Waals surface area contributed by atoms with Gasteiger partial charge in [0.05, 0.1) is 6.42 Å². The molecular formula is C21H24FN5O3S. The standard InChI is InChI=1S/C21H24FN5O3S/c1-12-17(13(2)27-20(23-12)24-21(25-27)31-5)10-18(28)30-14(3)19(29)26(4)11-15-7-6-8-16(22)9-15/h6-9,14H,10-11H2,1-5H3. The summed E-state index contributed by atoms with van der Waals surface area (Å²) >= 11 is 1.41. The van der Waals surface area contributed by atoms with E-state index in [4.69, 9.17) is 4.74 Å². The van der Waals surface area contributed by atoms with E-state index in [0.29, 0.717) is 27.8 Å². The van der Waals surface area contributed by atoms with Crippen LogP contribution in [0, 0.1) is 19.7 Å². The average molecular weight is 446 g/mol. The second-order valence-electron chi connectivity index (χ2n) is 7.20. The molecule has 0 saturated carbocycles. The topological polar surface area (TPSA) is 89.7 Å². The quantitative estimate of drug-likeness (QED) is 0.408. The number of hydrogen-bond donors (Lipinski definition) is 0. The van der Waals surface area contributed by atoms with Crippen molar-refractivity contribution in [2.75, 3.05) is 13.3 Å². The fourth-order valence-corrected chi connectivity index (χ4v) is 3.60. The van der Waals surface area contributed by atoms with Gasteiger partial charge < -0.3 is 9.64 Å². The van der Waals surface area contributed by atoms with Crippen LogP contribution in [-0.2, 0) is 27.3 Å². The van der Waals surface area contributed by atoms with Crippen LogP contribution in [0.25, 0.3) is 5.78 Å². The Hall–Kier alpha value is -3.01. The molecule has 1 aromatic carbocycles. The lowest BCUT2D eigenvalue weighted by Crippen LogP contribution is -2.37. The van der Waals surface area contributed by atoms with Crippen LogP contribution in [0.1, 0.15) is 29.4 Å². The van der Waals surface area contributed by atoms with E-state index in [1.54, 1.807) is 30.6 Å². The molecule has 0 radical (unpaired) electrons. The summed E-state index contributed by atoms with van der Waals surface area (Å²) in [6, 6.07) is 6.01. The number of amides is 1. The summed E-state index contributed by atoms with van der Waals surface area (Å²) in [4.78, 5) is 35.3. The first-order valence-corrected chi connectivity index (χ1v) is 10.9. The highest BCUT2D eigenvalue weighted by molar-refractivity contribution is 7.98. The number of esters is 1. The maximum Gasteiger partial charge on any atom is 0.311 e. The van der Waals surface area contributed by atoms with Crippen LogP contribution in [0.5, 0.6) is 0 Å². The van der Waals surface area contributed by atoms with Crippen molar-refractivity contribution >= 4 is 29.4 Å². The SMILES string of the molecule is CSc1nc2nc(C)c(CC(=O)OC(C)C(=O)N(C)Cc3cccc(F)c3)c(C)n2n1. The maximum absolute atomic E-state index is 13.4. The van der Waals surface area contributed by atoms with Crippen LogP contribution in [0.2, 0.25) is 0 Å². The number of thioether (sulfide) groups is 1. The normalized spacial score (nSPS) is 12.1. The van der Waals surface area contributed by atoms with Gasteiger partial charge in [0.2, 0.25) is 5.16 Å². The van der Waals surface area contributed by atoms with Gasteiger partial charge in [0.25, 0.3) is 11.7 Å². The van der Waals surface area contributed by atoms with Gasteiger partial charge in [-0.25, -0.2) is 13.9 Å². The summed E-state index contributed by atoms with van der Waals surface area (Å²) in [5.41, 5.74) is 2.74. The second-order valence-corrected chi connectivity index (χ2v) is 7.98. The fraction of sp³-hybridized carbons (Fsp3) is 0.381. The van der Waals surface area contributed by atoms with Crippen LogP contribution in [0.3, 0.4) is 0 Å². The monoisotopic (exact) mass is 445 g/mol. The molecule has 0 bridgehead atoms. The average Bonchev–Trinajstić information content (AvgIpc) is 3.13. The fourth-order valence-electron chi connectivity index (χ4n) is 3.26. The molecule has 3 aromatic rings. The number of fused-ring (bicyclic) bond motifs is 1. The van der Waals surface area contributed by atoms with Crippen LogP contribution in [0.4, 0.5) is 4.39 Å². The third-order valence-electron chi connectivity index (χ3n) is 4.87. The Bertz CT molecular complexity index is 1130. The lowest BCUT2D eigenvalue weighted by atomic mass is 10.1. The maximum atomic E-state index is 13.4. The Kier molecular flexibility index (Phi) is 6.89. The van der Waals surface area contributed by atoms with Crippen LogP contribution < -0.4 is 0 Å². The van der Waals surface area contributed by atoms with Crippen molar-refractivity contribution in [3.05, 3.63) is 52.6 Å². The minimum Gasteiger partial charge on any atom is -0.452 e. The number of aryl methyl sites for hydroxylation is 2. The molecule has 0 saturated heterocycles. The lowest BCUT2D eigenvalue weighted by molar-refractivity contribution is -0.158. The summed E-state index contributed by atoms with van der Waals surface area (Å²) in [5, 5.41) is 4.96. The first kappa shape index (κ1) is 22.7. The van der Waals surface area contributed by atoms with Gasteiger partial charge in [0.1, 0.15) is 5.82 Å². The molecule has 0 N–H and O–H groups in total. The Morgan fingerprint density at radius 2 is 2.03 bits per heavy atom. The molecule has 164 valence electrons. The largest absolute Gasteiger partial charge is 0.452 e. The molecule has 0 aliphatic heterocycles. The van der Waals surface area contributed by atoms with Crippen molar-refractivity contribution in [3.8, 4) is 0 Å². The minimum atomic E-state index is -0.974. The van der Waals surface area contributed by atoms with Gasteiger partial charge in [-0.05, 0) is 44.7 Å². The predicted octanol–water partition coefficient (Wildman–Crippen LogP) is 2.73. The van der Waals surface area contributed by atoms with Gasteiger partial charge in [0.15, 0.2) is 6.10 Å². The number of carbonyl (C=O) groups is 2. The van der Waals surface area contributed by atoms with E-state index in [0.717, 1.165) is 5.69 Å². The Labute approximate surface area is 183 Å². The number of rotatable bonds is 7. The van der Waals surface area contributed by atoms with Crippen molar-refractivity contribution in [1.82, 2.24) is 24.5 Å². The number of nitrogens with zero attached hydrogens (tertiary/aromatic N) is 5. The number of benzene rings is 1. The zero-order valence-electron chi connectivity index (χ0n) is 18.0. The highest BCUT2D eigenvalue weighted by Gasteiger charge is 2.23. The molecule has 0 aliphatic rings. The zero-order valence-corrected chi connectivity index (χ0v) is 18.9. The van der Waals surface area contributed by atoms with Crippen molar-refractivity contribution in [3.63, 3.8) is 0 Å². The van der Waals surface area contributed by atoms with E-state index in [9.17, 15) is 14.0 Å². The summed E-state index contributed by atoms with van der Waals surface area (Å²) in [5.74, 6) is -0.816. The molecule has 2 aromatic heterocycles. The first-order chi connectivity index (χ1) is 14.7. The molecular weight excluding hydrogens is 421 g/mol. The second kappa shape index (κ2) is 9.42. The number of carbonyl (C=O) groups excluding carboxylic acids is 2. The Balaban J connectivity index is 1.66. The van der Waals surface area contributed by atoms with E-state index in [1.807, 2.05) is 13.2 Å². The van der Waals surface area contributed by atoms with Crippen LogP contribution in [0.15, 0.2) is 29.4 Å². The molecule has 0 fully saturated rings. The predicted molar refractivity (Wildman–Crippen MR) is 114 cm³/mol. The third kappa shape index (κ3) is 5.19. The molecule has 3 rings (SSSR count). The van der Waals surface area contributed by atoms with Gasteiger partial charge in [0, 0.05) is 30.5 Å². The number of ether oxygens (including phenoxy) is 1. The smallest absolute Gasteiger partial charge is 0.311 e. The Morgan fingerprint density at radius 3 is 2.71 bits per heavy atom. The van der Waals surface area contributed by atoms with E-state index >= 15 is 0 Å². The van der Waals surface area contributed by atoms with Crippen molar-refractivity contribution in [1.29, 1.82) is 0 Å². The molecule has 1 amide bonds. The van der Waals surface area contributed by atoms with Gasteiger partial charge in [-0.15, -0.1) is 5.10 Å². The molecule has 1 unspecified atom stereocenters. The van der Waals surface area contributed by atoms with E-state index in [-0.39, 0.29) is 24.7 Å². The van der Waals surface area contributed by atoms with Crippen molar-refractivity contribution < 1.29 is 18.7 Å². The summed E-state index contributed by atoms with van der Waals surface area (Å²) in [6.45, 7) is 5.36. The number of likely N-dealkylation sites (N-methyl/N-ethyl adjacent to an activating group) is 1. The summed E-state index contributed by atoms with van der Waals surface area (Å²) in [6.07, 6.45) is 0.858. The first-order valence-electron chi connectivity index (χ1n) is 9.65. The molecule has 2 heterocycles. The highest BCUT2D eigenvalue weighted by atomic mass is 32.2. The van der Waals surface area contributed by atoms with Gasteiger partial charge in [-0.3, -0.25) is 9.59 Å². The molecule has 8 nitrogen and oxygen atoms in total. The number of hydrogen-bond acceptors (Lipinski definition) is 7. The highest BCUT2D eigenvalue weighted by Crippen LogP contribution is 2.18. The molecule has 31 heavy (non-hydrogen) atoms. The molecule has 1 atom stereocenters. The number of aromatic nitrogens is 4. The van der Waals surface area contributed by atoms with Crippen LogP contribution >= 0.6 is 11.8 Å². The zero-order chi connectivity index (χ0) is 22.7. The van der Waals surface area contributed by atoms with Gasteiger partial charge in [-0.2, -0.15) is 4.98 Å². The minimum absolute atomic E-state index is 0.0414. The number of halogens is 1. The molecule has 0 spiro atoms. The third-order valence-corrected chi connectivity index (χ3v) is 5.41. The Morgan fingerprint density at radius 1 is 1.29 bits per heavy atom. The van der Waals surface area contributed by atoms with Crippen molar-refractivity contribution in [2.24, 2.45) is 0 Å². The van der Waals surface area contributed by atoms with Crippen molar-refractivity contribution in [2.45, 2.75) is 45.0 Å². The van der Waals surface area contributed by atoms with E-state index in [2.05, 4.69) is 15.1 Å². The van der Waals surface area contributed by atoms with Gasteiger partial charge >= 0.3 is 5.97 Å².